The highest BCUT2D eigenvalue weighted by Crippen LogP contribution is 2.16. The zero-order valence-corrected chi connectivity index (χ0v) is 10.2. The van der Waals surface area contributed by atoms with Gasteiger partial charge in [0, 0.05) is 12.6 Å². The van der Waals surface area contributed by atoms with E-state index in [9.17, 15) is 0 Å². The van der Waals surface area contributed by atoms with Crippen molar-refractivity contribution in [3.8, 4) is 0 Å². The smallest absolute Gasteiger partial charge is 0.178 e. The van der Waals surface area contributed by atoms with Crippen LogP contribution in [0.15, 0.2) is 0 Å². The van der Waals surface area contributed by atoms with Gasteiger partial charge in [-0.05, 0) is 31.5 Å². The Hall–Kier alpha value is 0.137. The first-order valence-electron chi connectivity index (χ1n) is 5.71. The molecule has 0 aromatic heterocycles. The van der Waals surface area contributed by atoms with E-state index in [1.807, 2.05) is 0 Å². The molecule has 1 rings (SSSR count). The molecule has 0 saturated carbocycles. The van der Waals surface area contributed by atoms with Crippen LogP contribution in [0.3, 0.4) is 0 Å². The topological polar surface area (TPSA) is 21.3 Å². The van der Waals surface area contributed by atoms with Gasteiger partial charge in [0.25, 0.3) is 0 Å². The van der Waals surface area contributed by atoms with Crippen LogP contribution in [0, 0.1) is 0 Å². The lowest BCUT2D eigenvalue weighted by Crippen LogP contribution is -2.35. The molecular formula is C10H23NOSi. The maximum absolute atomic E-state index is 5.86. The third-order valence-electron chi connectivity index (χ3n) is 2.81. The minimum absolute atomic E-state index is 0.722. The molecule has 0 aromatic rings. The molecule has 0 aromatic carbocycles. The molecule has 1 N–H and O–H groups in total. The predicted molar refractivity (Wildman–Crippen MR) is 59.7 cm³/mol. The van der Waals surface area contributed by atoms with Gasteiger partial charge in [0.1, 0.15) is 0 Å². The van der Waals surface area contributed by atoms with E-state index in [1.165, 1.54) is 31.4 Å². The molecule has 0 aliphatic carbocycles. The highest BCUT2D eigenvalue weighted by atomic mass is 28.3. The Labute approximate surface area is 83.8 Å². The van der Waals surface area contributed by atoms with Crippen LogP contribution < -0.4 is 5.32 Å². The SMILES string of the molecule is CCNC(CC)C[SiH]1CCCCO1. The van der Waals surface area contributed by atoms with E-state index in [1.54, 1.807) is 0 Å². The van der Waals surface area contributed by atoms with E-state index in [-0.39, 0.29) is 0 Å². The first-order chi connectivity index (χ1) is 6.36. The molecule has 1 heterocycles. The van der Waals surface area contributed by atoms with Crippen LogP contribution in [0.4, 0.5) is 0 Å². The molecule has 0 spiro atoms. The molecule has 2 nitrogen and oxygen atoms in total. The van der Waals surface area contributed by atoms with E-state index >= 15 is 0 Å². The zero-order chi connectivity index (χ0) is 9.52. The molecule has 0 amide bonds. The van der Waals surface area contributed by atoms with Crippen LogP contribution in [0.5, 0.6) is 0 Å². The fourth-order valence-electron chi connectivity index (χ4n) is 1.99. The third-order valence-corrected chi connectivity index (χ3v) is 5.66. The molecule has 1 saturated heterocycles. The van der Waals surface area contributed by atoms with Crippen molar-refractivity contribution in [3.63, 3.8) is 0 Å². The van der Waals surface area contributed by atoms with Gasteiger partial charge in [0.2, 0.25) is 0 Å². The lowest BCUT2D eigenvalue weighted by molar-refractivity contribution is 0.282. The molecule has 78 valence electrons. The Morgan fingerprint density at radius 1 is 1.38 bits per heavy atom. The van der Waals surface area contributed by atoms with Crippen LogP contribution >= 0.6 is 0 Å². The first kappa shape index (κ1) is 11.2. The summed E-state index contributed by atoms with van der Waals surface area (Å²) in [7, 11) is -0.796. The van der Waals surface area contributed by atoms with Crippen LogP contribution in [0.25, 0.3) is 0 Å². The normalized spacial score (nSPS) is 25.8. The third kappa shape index (κ3) is 4.25. The molecular weight excluding hydrogens is 178 g/mol. The van der Waals surface area contributed by atoms with Crippen molar-refractivity contribution in [1.82, 2.24) is 5.32 Å². The van der Waals surface area contributed by atoms with Crippen molar-refractivity contribution in [1.29, 1.82) is 0 Å². The van der Waals surface area contributed by atoms with Gasteiger partial charge in [-0.1, -0.05) is 20.3 Å². The Kier molecular flexibility index (Phi) is 5.67. The summed E-state index contributed by atoms with van der Waals surface area (Å²) in [5.41, 5.74) is 0. The summed E-state index contributed by atoms with van der Waals surface area (Å²) in [5, 5.41) is 3.53. The van der Waals surface area contributed by atoms with E-state index in [4.69, 9.17) is 4.43 Å². The van der Waals surface area contributed by atoms with E-state index < -0.39 is 9.04 Å². The van der Waals surface area contributed by atoms with E-state index in [0.29, 0.717) is 0 Å². The van der Waals surface area contributed by atoms with Gasteiger partial charge >= 0.3 is 0 Å². The van der Waals surface area contributed by atoms with Crippen LogP contribution in [0.2, 0.25) is 12.1 Å². The number of hydrogen-bond donors (Lipinski definition) is 1. The Balaban J connectivity index is 2.18. The molecule has 1 aliphatic heterocycles. The van der Waals surface area contributed by atoms with Gasteiger partial charge in [-0.25, -0.2) is 0 Å². The van der Waals surface area contributed by atoms with Crippen molar-refractivity contribution >= 4 is 9.04 Å². The van der Waals surface area contributed by atoms with Crippen molar-refractivity contribution in [2.45, 2.75) is 51.2 Å². The predicted octanol–water partition coefficient (Wildman–Crippen LogP) is 1.91. The average Bonchev–Trinajstić information content (AvgIpc) is 2.19. The van der Waals surface area contributed by atoms with Gasteiger partial charge in [0.15, 0.2) is 9.04 Å². The molecule has 1 fully saturated rings. The molecule has 0 radical (unpaired) electrons. The summed E-state index contributed by atoms with van der Waals surface area (Å²) >= 11 is 0. The minimum Gasteiger partial charge on any atom is -0.420 e. The van der Waals surface area contributed by atoms with Crippen LogP contribution in [-0.4, -0.2) is 28.2 Å². The van der Waals surface area contributed by atoms with Gasteiger partial charge < -0.3 is 9.74 Å². The summed E-state index contributed by atoms with van der Waals surface area (Å²) in [6.07, 6.45) is 3.96. The summed E-state index contributed by atoms with van der Waals surface area (Å²) in [6.45, 7) is 6.59. The fourth-order valence-corrected chi connectivity index (χ4v) is 4.91. The highest BCUT2D eigenvalue weighted by molar-refractivity contribution is 6.52. The maximum atomic E-state index is 5.86. The molecule has 1 aliphatic rings. The molecule has 2 unspecified atom stereocenters. The average molecular weight is 201 g/mol. The first-order valence-corrected chi connectivity index (χ1v) is 7.82. The van der Waals surface area contributed by atoms with Gasteiger partial charge in [-0.3, -0.25) is 0 Å². The van der Waals surface area contributed by atoms with Crippen molar-refractivity contribution in [3.05, 3.63) is 0 Å². The Bertz CT molecular complexity index is 123. The van der Waals surface area contributed by atoms with Crippen LogP contribution in [-0.2, 0) is 4.43 Å². The number of rotatable bonds is 5. The van der Waals surface area contributed by atoms with E-state index in [2.05, 4.69) is 19.2 Å². The monoisotopic (exact) mass is 201 g/mol. The Morgan fingerprint density at radius 3 is 2.77 bits per heavy atom. The second kappa shape index (κ2) is 6.57. The summed E-state index contributed by atoms with van der Waals surface area (Å²) in [4.78, 5) is 0. The van der Waals surface area contributed by atoms with Gasteiger partial charge in [-0.15, -0.1) is 0 Å². The molecule has 13 heavy (non-hydrogen) atoms. The summed E-state index contributed by atoms with van der Waals surface area (Å²) in [5.74, 6) is 0. The van der Waals surface area contributed by atoms with Crippen LogP contribution in [0.1, 0.15) is 33.1 Å². The lowest BCUT2D eigenvalue weighted by Gasteiger charge is -2.25. The Morgan fingerprint density at radius 2 is 2.23 bits per heavy atom. The summed E-state index contributed by atoms with van der Waals surface area (Å²) < 4.78 is 5.86. The van der Waals surface area contributed by atoms with Crippen molar-refractivity contribution in [2.24, 2.45) is 0 Å². The number of hydrogen-bond acceptors (Lipinski definition) is 2. The van der Waals surface area contributed by atoms with Crippen molar-refractivity contribution < 1.29 is 4.43 Å². The molecule has 2 atom stereocenters. The molecule has 3 heteroatoms. The van der Waals surface area contributed by atoms with E-state index in [0.717, 1.165) is 19.2 Å². The summed E-state index contributed by atoms with van der Waals surface area (Å²) in [6, 6.07) is 3.46. The standard InChI is InChI=1S/C10H23NOSi/c1-3-10(11-4-2)9-13-8-6-5-7-12-13/h10-11,13H,3-9H2,1-2H3. The zero-order valence-electron chi connectivity index (χ0n) is 9.01. The highest BCUT2D eigenvalue weighted by Gasteiger charge is 2.19. The fraction of sp³-hybridized carbons (Fsp3) is 1.00. The number of nitrogens with one attached hydrogen (secondary N) is 1. The quantitative estimate of drug-likeness (QED) is 0.686. The maximum Gasteiger partial charge on any atom is 0.178 e. The van der Waals surface area contributed by atoms with Gasteiger partial charge in [-0.2, -0.15) is 0 Å². The second-order valence-electron chi connectivity index (χ2n) is 3.89. The molecule has 0 bridgehead atoms. The van der Waals surface area contributed by atoms with Gasteiger partial charge in [0.05, 0.1) is 0 Å². The lowest BCUT2D eigenvalue weighted by atomic mass is 10.2. The second-order valence-corrected chi connectivity index (χ2v) is 6.51. The minimum atomic E-state index is -0.796. The largest absolute Gasteiger partial charge is 0.420 e. The van der Waals surface area contributed by atoms with Crippen molar-refractivity contribution in [2.75, 3.05) is 13.2 Å².